The molecule has 0 amide bonds. The number of benzene rings is 1. The molecule has 0 atom stereocenters. The van der Waals surface area contributed by atoms with Crippen LogP contribution < -0.4 is 15.4 Å². The summed E-state index contributed by atoms with van der Waals surface area (Å²) >= 11 is 0. The Bertz CT molecular complexity index is 613. The standard InChI is InChI=1S/C18H24N4O/c1-3-19-18(21-12-10-16-8-4-5-11-20-16)22-14-15-7-6-9-17(13-15)23-2/h4-9,11,13H,3,10,12,14H2,1-2H3,(H2,19,21,22). The number of guanidine groups is 1. The average molecular weight is 312 g/mol. The lowest BCUT2D eigenvalue weighted by atomic mass is 10.2. The summed E-state index contributed by atoms with van der Waals surface area (Å²) in [6.07, 6.45) is 2.68. The number of hydrogen-bond acceptors (Lipinski definition) is 3. The van der Waals surface area contributed by atoms with Gasteiger partial charge in [0.05, 0.1) is 13.7 Å². The van der Waals surface area contributed by atoms with Crippen molar-refractivity contribution in [2.24, 2.45) is 4.99 Å². The largest absolute Gasteiger partial charge is 0.497 e. The summed E-state index contributed by atoms with van der Waals surface area (Å²) in [6, 6.07) is 13.9. The van der Waals surface area contributed by atoms with Crippen LogP contribution in [0, 0.1) is 0 Å². The van der Waals surface area contributed by atoms with E-state index in [0.717, 1.165) is 42.5 Å². The molecule has 0 fully saturated rings. The second kappa shape index (κ2) is 9.46. The van der Waals surface area contributed by atoms with Crippen molar-refractivity contribution in [3.8, 4) is 5.75 Å². The molecule has 0 unspecified atom stereocenters. The Balaban J connectivity index is 1.88. The molecule has 2 N–H and O–H groups in total. The molecule has 23 heavy (non-hydrogen) atoms. The van der Waals surface area contributed by atoms with Gasteiger partial charge in [0.1, 0.15) is 5.75 Å². The van der Waals surface area contributed by atoms with Gasteiger partial charge in [-0.25, -0.2) is 4.99 Å². The minimum absolute atomic E-state index is 0.607. The van der Waals surface area contributed by atoms with Gasteiger partial charge in [-0.1, -0.05) is 18.2 Å². The number of pyridine rings is 1. The summed E-state index contributed by atoms with van der Waals surface area (Å²) in [7, 11) is 1.67. The highest BCUT2D eigenvalue weighted by Gasteiger charge is 2.00. The minimum atomic E-state index is 0.607. The number of nitrogens with zero attached hydrogens (tertiary/aromatic N) is 2. The number of aromatic nitrogens is 1. The van der Waals surface area contributed by atoms with Crippen LogP contribution in [0.1, 0.15) is 18.2 Å². The zero-order valence-corrected chi connectivity index (χ0v) is 13.7. The molecule has 0 saturated heterocycles. The molecule has 122 valence electrons. The molecule has 1 aromatic heterocycles. The van der Waals surface area contributed by atoms with Crippen LogP contribution in [0.25, 0.3) is 0 Å². The van der Waals surface area contributed by atoms with Crippen LogP contribution in [-0.2, 0) is 13.0 Å². The van der Waals surface area contributed by atoms with Gasteiger partial charge < -0.3 is 15.4 Å². The van der Waals surface area contributed by atoms with E-state index in [1.54, 1.807) is 7.11 Å². The lowest BCUT2D eigenvalue weighted by molar-refractivity contribution is 0.414. The Morgan fingerprint density at radius 2 is 2.09 bits per heavy atom. The molecular weight excluding hydrogens is 288 g/mol. The van der Waals surface area contributed by atoms with E-state index in [1.165, 1.54) is 0 Å². The Morgan fingerprint density at radius 3 is 2.83 bits per heavy atom. The highest BCUT2D eigenvalue weighted by atomic mass is 16.5. The molecular formula is C18H24N4O. The van der Waals surface area contributed by atoms with E-state index in [0.29, 0.717) is 6.54 Å². The summed E-state index contributed by atoms with van der Waals surface area (Å²) in [4.78, 5) is 8.93. The predicted octanol–water partition coefficient (Wildman–Crippen LogP) is 2.39. The fourth-order valence-electron chi connectivity index (χ4n) is 2.14. The summed E-state index contributed by atoms with van der Waals surface area (Å²) in [5.74, 6) is 1.66. The fourth-order valence-corrected chi connectivity index (χ4v) is 2.14. The van der Waals surface area contributed by atoms with Crippen LogP contribution >= 0.6 is 0 Å². The van der Waals surface area contributed by atoms with E-state index in [1.807, 2.05) is 48.7 Å². The molecule has 0 bridgehead atoms. The van der Waals surface area contributed by atoms with Crippen LogP contribution in [0.15, 0.2) is 53.7 Å². The van der Waals surface area contributed by atoms with Gasteiger partial charge in [0.25, 0.3) is 0 Å². The van der Waals surface area contributed by atoms with Gasteiger partial charge in [-0.3, -0.25) is 4.98 Å². The third-order valence-corrected chi connectivity index (χ3v) is 3.30. The van der Waals surface area contributed by atoms with Gasteiger partial charge in [0.15, 0.2) is 5.96 Å². The van der Waals surface area contributed by atoms with Gasteiger partial charge in [0.2, 0.25) is 0 Å². The Labute approximate surface area is 137 Å². The van der Waals surface area contributed by atoms with Crippen molar-refractivity contribution in [3.63, 3.8) is 0 Å². The number of methoxy groups -OCH3 is 1. The molecule has 0 aliphatic carbocycles. The molecule has 5 nitrogen and oxygen atoms in total. The van der Waals surface area contributed by atoms with Gasteiger partial charge >= 0.3 is 0 Å². The first-order valence-electron chi connectivity index (χ1n) is 7.87. The molecule has 0 aliphatic heterocycles. The van der Waals surface area contributed by atoms with Crippen LogP contribution in [0.2, 0.25) is 0 Å². The molecule has 0 radical (unpaired) electrons. The summed E-state index contributed by atoms with van der Waals surface area (Å²) in [5, 5.41) is 6.59. The average Bonchev–Trinajstić information content (AvgIpc) is 2.61. The van der Waals surface area contributed by atoms with Crippen LogP contribution in [-0.4, -0.2) is 31.1 Å². The van der Waals surface area contributed by atoms with Crippen molar-refractivity contribution in [1.29, 1.82) is 0 Å². The zero-order valence-electron chi connectivity index (χ0n) is 13.7. The first-order chi connectivity index (χ1) is 11.3. The second-order valence-corrected chi connectivity index (χ2v) is 5.04. The molecule has 0 aliphatic rings. The molecule has 0 saturated carbocycles. The molecule has 0 spiro atoms. The monoisotopic (exact) mass is 312 g/mol. The molecule has 1 aromatic carbocycles. The Hall–Kier alpha value is -2.56. The van der Waals surface area contributed by atoms with Gasteiger partial charge in [-0.15, -0.1) is 0 Å². The molecule has 5 heteroatoms. The SMILES string of the molecule is CCNC(=NCc1cccc(OC)c1)NCCc1ccccn1. The lowest BCUT2D eigenvalue weighted by Crippen LogP contribution is -2.38. The second-order valence-electron chi connectivity index (χ2n) is 5.04. The quantitative estimate of drug-likeness (QED) is 0.609. The van der Waals surface area contributed by atoms with Crippen LogP contribution in [0.3, 0.4) is 0 Å². The lowest BCUT2D eigenvalue weighted by Gasteiger charge is -2.11. The number of ether oxygens (including phenoxy) is 1. The maximum atomic E-state index is 5.24. The predicted molar refractivity (Wildman–Crippen MR) is 93.8 cm³/mol. The number of rotatable bonds is 7. The van der Waals surface area contributed by atoms with Crippen molar-refractivity contribution in [2.75, 3.05) is 20.2 Å². The van der Waals surface area contributed by atoms with E-state index < -0.39 is 0 Å². The van der Waals surface area contributed by atoms with Crippen molar-refractivity contribution in [1.82, 2.24) is 15.6 Å². The number of aliphatic imine (C=N–C) groups is 1. The van der Waals surface area contributed by atoms with Crippen LogP contribution in [0.5, 0.6) is 5.75 Å². The Morgan fingerprint density at radius 1 is 1.17 bits per heavy atom. The topological polar surface area (TPSA) is 58.5 Å². The van der Waals surface area contributed by atoms with Gasteiger partial charge in [0, 0.05) is 31.4 Å². The smallest absolute Gasteiger partial charge is 0.191 e. The first-order valence-corrected chi connectivity index (χ1v) is 7.87. The molecule has 2 aromatic rings. The summed E-state index contributed by atoms with van der Waals surface area (Å²) < 4.78 is 5.24. The summed E-state index contributed by atoms with van der Waals surface area (Å²) in [5.41, 5.74) is 2.19. The third-order valence-electron chi connectivity index (χ3n) is 3.30. The van der Waals surface area contributed by atoms with Gasteiger partial charge in [-0.2, -0.15) is 0 Å². The maximum absolute atomic E-state index is 5.24. The number of nitrogens with one attached hydrogen (secondary N) is 2. The number of hydrogen-bond donors (Lipinski definition) is 2. The van der Waals surface area contributed by atoms with E-state index in [4.69, 9.17) is 4.74 Å². The van der Waals surface area contributed by atoms with Gasteiger partial charge in [-0.05, 0) is 36.8 Å². The maximum Gasteiger partial charge on any atom is 0.191 e. The Kier molecular flexibility index (Phi) is 6.91. The zero-order chi connectivity index (χ0) is 16.3. The van der Waals surface area contributed by atoms with Crippen molar-refractivity contribution < 1.29 is 4.74 Å². The van der Waals surface area contributed by atoms with Crippen molar-refractivity contribution >= 4 is 5.96 Å². The van der Waals surface area contributed by atoms with E-state index in [2.05, 4.69) is 27.5 Å². The third kappa shape index (κ3) is 5.98. The van der Waals surface area contributed by atoms with Crippen LogP contribution in [0.4, 0.5) is 0 Å². The highest BCUT2D eigenvalue weighted by Crippen LogP contribution is 2.13. The van der Waals surface area contributed by atoms with E-state index in [-0.39, 0.29) is 0 Å². The normalized spacial score (nSPS) is 11.1. The summed E-state index contributed by atoms with van der Waals surface area (Å²) in [6.45, 7) is 4.28. The van der Waals surface area contributed by atoms with Crippen molar-refractivity contribution in [2.45, 2.75) is 19.9 Å². The van der Waals surface area contributed by atoms with E-state index in [9.17, 15) is 0 Å². The minimum Gasteiger partial charge on any atom is -0.497 e. The molecule has 1 heterocycles. The molecule has 2 rings (SSSR count). The van der Waals surface area contributed by atoms with E-state index >= 15 is 0 Å². The highest BCUT2D eigenvalue weighted by molar-refractivity contribution is 5.79. The van der Waals surface area contributed by atoms with Crippen molar-refractivity contribution in [3.05, 3.63) is 59.9 Å². The first kappa shape index (κ1) is 16.8. The fraction of sp³-hybridized carbons (Fsp3) is 0.333.